The Morgan fingerprint density at radius 2 is 1.92 bits per heavy atom. The number of hydrogen-bond donors (Lipinski definition) is 1. The zero-order valence-corrected chi connectivity index (χ0v) is 10.1. The van der Waals surface area contributed by atoms with Gasteiger partial charge in [0.05, 0.1) is 0 Å². The predicted octanol–water partition coefficient (Wildman–Crippen LogP) is 1.96. The van der Waals surface area contributed by atoms with Gasteiger partial charge in [0, 0.05) is 19.1 Å². The second-order valence-corrected chi connectivity index (χ2v) is 4.70. The highest BCUT2D eigenvalue weighted by atomic mass is 15.1. The van der Waals surface area contributed by atoms with Gasteiger partial charge in [-0.2, -0.15) is 0 Å². The van der Waals surface area contributed by atoms with Crippen molar-refractivity contribution in [1.29, 1.82) is 0 Å². The van der Waals surface area contributed by atoms with Crippen LogP contribution in [0, 0.1) is 5.41 Å². The number of rotatable bonds is 6. The fourth-order valence-electron chi connectivity index (χ4n) is 1.50. The van der Waals surface area contributed by atoms with E-state index >= 15 is 0 Å². The Morgan fingerprint density at radius 3 is 2.23 bits per heavy atom. The molecule has 0 saturated heterocycles. The van der Waals surface area contributed by atoms with Crippen LogP contribution in [-0.2, 0) is 0 Å². The summed E-state index contributed by atoms with van der Waals surface area (Å²) in [5.74, 6) is 0. The molecule has 0 aliphatic rings. The third kappa shape index (κ3) is 4.63. The monoisotopic (exact) mass is 186 g/mol. The van der Waals surface area contributed by atoms with Crippen molar-refractivity contribution in [3.8, 4) is 0 Å². The standard InChI is InChI=1S/C11H26N2/c1-7-11(4,8-12-5)9-13(6)10(2)3/h10,12H,7-9H2,1-6H3. The van der Waals surface area contributed by atoms with Gasteiger partial charge in [-0.25, -0.2) is 0 Å². The van der Waals surface area contributed by atoms with Gasteiger partial charge in [0.25, 0.3) is 0 Å². The molecule has 0 spiro atoms. The summed E-state index contributed by atoms with van der Waals surface area (Å²) in [5.41, 5.74) is 0.410. The lowest BCUT2D eigenvalue weighted by atomic mass is 9.86. The number of nitrogens with one attached hydrogen (secondary N) is 1. The highest BCUT2D eigenvalue weighted by Crippen LogP contribution is 2.21. The molecule has 80 valence electrons. The largest absolute Gasteiger partial charge is 0.319 e. The maximum atomic E-state index is 3.28. The van der Waals surface area contributed by atoms with E-state index in [0.717, 1.165) is 6.54 Å². The van der Waals surface area contributed by atoms with Crippen molar-refractivity contribution in [1.82, 2.24) is 10.2 Å². The summed E-state index contributed by atoms with van der Waals surface area (Å²) >= 11 is 0. The molecule has 0 bridgehead atoms. The van der Waals surface area contributed by atoms with Gasteiger partial charge in [-0.05, 0) is 39.8 Å². The Bertz CT molecular complexity index is 134. The molecule has 0 aromatic rings. The highest BCUT2D eigenvalue weighted by molar-refractivity contribution is 4.78. The van der Waals surface area contributed by atoms with Crippen LogP contribution >= 0.6 is 0 Å². The van der Waals surface area contributed by atoms with Crippen LogP contribution in [0.4, 0.5) is 0 Å². The fourth-order valence-corrected chi connectivity index (χ4v) is 1.50. The minimum atomic E-state index is 0.410. The second kappa shape index (κ2) is 5.61. The molecular formula is C11H26N2. The minimum absolute atomic E-state index is 0.410. The predicted molar refractivity (Wildman–Crippen MR) is 60.1 cm³/mol. The average molecular weight is 186 g/mol. The Hall–Kier alpha value is -0.0800. The summed E-state index contributed by atoms with van der Waals surface area (Å²) in [7, 11) is 4.23. The molecule has 0 aliphatic carbocycles. The average Bonchev–Trinajstić information content (AvgIpc) is 2.04. The second-order valence-electron chi connectivity index (χ2n) is 4.70. The topological polar surface area (TPSA) is 15.3 Å². The lowest BCUT2D eigenvalue weighted by Crippen LogP contribution is -2.42. The first-order valence-corrected chi connectivity index (χ1v) is 5.30. The lowest BCUT2D eigenvalue weighted by molar-refractivity contribution is 0.156. The van der Waals surface area contributed by atoms with Gasteiger partial charge >= 0.3 is 0 Å². The molecule has 0 amide bonds. The molecule has 2 heteroatoms. The molecule has 0 rings (SSSR count). The van der Waals surface area contributed by atoms with Crippen LogP contribution in [0.2, 0.25) is 0 Å². The summed E-state index contributed by atoms with van der Waals surface area (Å²) < 4.78 is 0. The smallest absolute Gasteiger partial charge is 0.00470 e. The molecule has 0 heterocycles. The van der Waals surface area contributed by atoms with E-state index in [1.165, 1.54) is 13.0 Å². The fraction of sp³-hybridized carbons (Fsp3) is 1.00. The molecule has 0 radical (unpaired) electrons. The molecule has 0 saturated carbocycles. The Morgan fingerprint density at radius 1 is 1.38 bits per heavy atom. The Labute approximate surface area is 83.7 Å². The van der Waals surface area contributed by atoms with E-state index in [4.69, 9.17) is 0 Å². The summed E-state index contributed by atoms with van der Waals surface area (Å²) in [4.78, 5) is 2.42. The van der Waals surface area contributed by atoms with E-state index in [0.29, 0.717) is 11.5 Å². The van der Waals surface area contributed by atoms with E-state index in [9.17, 15) is 0 Å². The van der Waals surface area contributed by atoms with Crippen LogP contribution in [0.3, 0.4) is 0 Å². The van der Waals surface area contributed by atoms with Crippen molar-refractivity contribution < 1.29 is 0 Å². The van der Waals surface area contributed by atoms with Gasteiger partial charge in [0.1, 0.15) is 0 Å². The van der Waals surface area contributed by atoms with Gasteiger partial charge in [-0.15, -0.1) is 0 Å². The van der Waals surface area contributed by atoms with Crippen molar-refractivity contribution in [2.75, 3.05) is 27.2 Å². The van der Waals surface area contributed by atoms with Crippen molar-refractivity contribution in [2.24, 2.45) is 5.41 Å². The maximum Gasteiger partial charge on any atom is 0.00470 e. The molecule has 13 heavy (non-hydrogen) atoms. The van der Waals surface area contributed by atoms with Gasteiger partial charge in [0.15, 0.2) is 0 Å². The van der Waals surface area contributed by atoms with Crippen LogP contribution in [-0.4, -0.2) is 38.1 Å². The van der Waals surface area contributed by atoms with E-state index in [1.54, 1.807) is 0 Å². The number of hydrogen-bond acceptors (Lipinski definition) is 2. The third-order valence-corrected chi connectivity index (χ3v) is 2.97. The number of nitrogens with zero attached hydrogens (tertiary/aromatic N) is 1. The van der Waals surface area contributed by atoms with Crippen LogP contribution in [0.5, 0.6) is 0 Å². The molecule has 0 aromatic carbocycles. The first kappa shape index (κ1) is 12.9. The van der Waals surface area contributed by atoms with Crippen LogP contribution in [0.1, 0.15) is 34.1 Å². The normalized spacial score (nSPS) is 16.6. The van der Waals surface area contributed by atoms with Gasteiger partial charge in [-0.1, -0.05) is 13.8 Å². The van der Waals surface area contributed by atoms with Crippen LogP contribution in [0.25, 0.3) is 0 Å². The van der Waals surface area contributed by atoms with E-state index in [1.807, 2.05) is 7.05 Å². The van der Waals surface area contributed by atoms with Gasteiger partial charge in [0.2, 0.25) is 0 Å². The summed E-state index contributed by atoms with van der Waals surface area (Å²) in [6, 6.07) is 0.641. The molecule has 0 aliphatic heterocycles. The van der Waals surface area contributed by atoms with E-state index in [2.05, 4.69) is 45.0 Å². The first-order chi connectivity index (χ1) is 5.95. The SMILES string of the molecule is CCC(C)(CNC)CN(C)C(C)C. The summed E-state index contributed by atoms with van der Waals surface area (Å²) in [6.45, 7) is 11.4. The van der Waals surface area contributed by atoms with Crippen molar-refractivity contribution in [3.63, 3.8) is 0 Å². The molecule has 1 atom stereocenters. The van der Waals surface area contributed by atoms with E-state index in [-0.39, 0.29) is 0 Å². The minimum Gasteiger partial charge on any atom is -0.319 e. The van der Waals surface area contributed by atoms with Crippen LogP contribution in [0.15, 0.2) is 0 Å². The Kier molecular flexibility index (Phi) is 5.57. The molecule has 1 unspecified atom stereocenters. The Balaban J connectivity index is 4.09. The quantitative estimate of drug-likeness (QED) is 0.682. The zero-order valence-electron chi connectivity index (χ0n) is 10.1. The first-order valence-electron chi connectivity index (χ1n) is 5.30. The van der Waals surface area contributed by atoms with Crippen molar-refractivity contribution >= 4 is 0 Å². The summed E-state index contributed by atoms with van der Waals surface area (Å²) in [6.07, 6.45) is 1.23. The van der Waals surface area contributed by atoms with Crippen molar-refractivity contribution in [2.45, 2.75) is 40.2 Å². The molecule has 0 aromatic heterocycles. The van der Waals surface area contributed by atoms with Gasteiger partial charge < -0.3 is 10.2 Å². The molecule has 2 nitrogen and oxygen atoms in total. The summed E-state index contributed by atoms with van der Waals surface area (Å²) in [5, 5.41) is 3.28. The van der Waals surface area contributed by atoms with Crippen molar-refractivity contribution in [3.05, 3.63) is 0 Å². The lowest BCUT2D eigenvalue weighted by Gasteiger charge is -2.34. The third-order valence-electron chi connectivity index (χ3n) is 2.97. The maximum absolute atomic E-state index is 3.28. The van der Waals surface area contributed by atoms with Crippen LogP contribution < -0.4 is 5.32 Å². The molecule has 0 fully saturated rings. The molecular weight excluding hydrogens is 160 g/mol. The molecule has 1 N–H and O–H groups in total. The van der Waals surface area contributed by atoms with Gasteiger partial charge in [-0.3, -0.25) is 0 Å². The highest BCUT2D eigenvalue weighted by Gasteiger charge is 2.23. The van der Waals surface area contributed by atoms with E-state index < -0.39 is 0 Å². The zero-order chi connectivity index (χ0) is 10.5.